The van der Waals surface area contributed by atoms with Gasteiger partial charge in [0.15, 0.2) is 11.6 Å². The Morgan fingerprint density at radius 2 is 1.95 bits per heavy atom. The Morgan fingerprint density at radius 1 is 1.21 bits per heavy atom. The molecule has 100 valence electrons. The fourth-order valence-electron chi connectivity index (χ4n) is 1.31. The molecule has 0 fully saturated rings. The summed E-state index contributed by atoms with van der Waals surface area (Å²) >= 11 is 5.59. The van der Waals surface area contributed by atoms with E-state index in [4.69, 9.17) is 27.0 Å². The van der Waals surface area contributed by atoms with E-state index in [0.29, 0.717) is 0 Å². The second kappa shape index (κ2) is 5.32. The molecule has 0 aliphatic rings. The molecule has 0 amide bonds. The fraction of sp³-hybridized carbons (Fsp3) is 0. The first-order chi connectivity index (χ1) is 8.89. The highest BCUT2D eigenvalue weighted by molar-refractivity contribution is 8.13. The number of benzene rings is 1. The molecule has 0 aliphatic heterocycles. The van der Waals surface area contributed by atoms with Gasteiger partial charge in [0.1, 0.15) is 4.90 Å². The molecule has 1 aromatic carbocycles. The fourth-order valence-corrected chi connectivity index (χ4v) is 2.37. The molecule has 0 spiro atoms. The predicted octanol–water partition coefficient (Wildman–Crippen LogP) is 3.59. The Hall–Kier alpha value is -1.37. The minimum Gasteiger partial charge on any atom is -0.434 e. The lowest BCUT2D eigenvalue weighted by atomic mass is 10.3. The summed E-state index contributed by atoms with van der Waals surface area (Å²) in [6.45, 7) is 0. The molecule has 1 heterocycles. The van der Waals surface area contributed by atoms with Crippen LogP contribution in [0.4, 0.5) is 4.39 Å². The third-order valence-electron chi connectivity index (χ3n) is 2.12. The first kappa shape index (κ1) is 14.0. The van der Waals surface area contributed by atoms with Crippen LogP contribution >= 0.6 is 22.3 Å². The van der Waals surface area contributed by atoms with Crippen molar-refractivity contribution < 1.29 is 17.5 Å². The number of halogens is 3. The molecule has 0 bridgehead atoms. The van der Waals surface area contributed by atoms with Gasteiger partial charge >= 0.3 is 0 Å². The second-order valence-corrected chi connectivity index (χ2v) is 6.34. The molecular formula is C11H6Cl2FNO3S. The van der Waals surface area contributed by atoms with Crippen molar-refractivity contribution in [1.29, 1.82) is 0 Å². The van der Waals surface area contributed by atoms with Gasteiger partial charge in [0.05, 0.1) is 5.02 Å². The van der Waals surface area contributed by atoms with E-state index in [-0.39, 0.29) is 21.5 Å². The molecular weight excluding hydrogens is 316 g/mol. The summed E-state index contributed by atoms with van der Waals surface area (Å²) in [5.74, 6) is -1.38. The average Bonchev–Trinajstić information content (AvgIpc) is 2.34. The zero-order chi connectivity index (χ0) is 14.0. The molecule has 8 heteroatoms. The van der Waals surface area contributed by atoms with Gasteiger partial charge in [-0.15, -0.1) is 0 Å². The van der Waals surface area contributed by atoms with Gasteiger partial charge in [-0.2, -0.15) is 0 Å². The number of ether oxygens (including phenoxy) is 1. The van der Waals surface area contributed by atoms with E-state index in [2.05, 4.69) is 4.98 Å². The summed E-state index contributed by atoms with van der Waals surface area (Å²) in [7, 11) is 1.19. The molecule has 4 nitrogen and oxygen atoms in total. The minimum atomic E-state index is -4.05. The second-order valence-electron chi connectivity index (χ2n) is 3.40. The van der Waals surface area contributed by atoms with Gasteiger partial charge in [-0.25, -0.2) is 17.8 Å². The van der Waals surface area contributed by atoms with E-state index in [0.717, 1.165) is 0 Å². The zero-order valence-electron chi connectivity index (χ0n) is 9.18. The van der Waals surface area contributed by atoms with Crippen LogP contribution in [0.5, 0.6) is 11.6 Å². The first-order valence-electron chi connectivity index (χ1n) is 4.91. The third-order valence-corrected chi connectivity index (χ3v) is 3.75. The van der Waals surface area contributed by atoms with E-state index in [1.807, 2.05) is 0 Å². The molecule has 19 heavy (non-hydrogen) atoms. The maximum absolute atomic E-state index is 13.6. The molecule has 0 saturated heterocycles. The zero-order valence-corrected chi connectivity index (χ0v) is 11.5. The van der Waals surface area contributed by atoms with Crippen molar-refractivity contribution in [2.75, 3.05) is 0 Å². The Morgan fingerprint density at radius 3 is 2.63 bits per heavy atom. The lowest BCUT2D eigenvalue weighted by molar-refractivity contribution is 0.416. The van der Waals surface area contributed by atoms with Crippen LogP contribution in [-0.2, 0) is 9.05 Å². The highest BCUT2D eigenvalue weighted by atomic mass is 35.7. The van der Waals surface area contributed by atoms with Crippen molar-refractivity contribution in [1.82, 2.24) is 4.98 Å². The highest BCUT2D eigenvalue weighted by Gasteiger charge is 2.19. The van der Waals surface area contributed by atoms with Crippen LogP contribution in [0.15, 0.2) is 41.4 Å². The number of aromatic nitrogens is 1. The Balaban J connectivity index is 2.48. The smallest absolute Gasteiger partial charge is 0.266 e. The molecule has 0 aliphatic carbocycles. The van der Waals surface area contributed by atoms with Crippen molar-refractivity contribution in [3.05, 3.63) is 47.4 Å². The number of nitrogens with zero attached hydrogens (tertiary/aromatic N) is 1. The van der Waals surface area contributed by atoms with Gasteiger partial charge in [-0.3, -0.25) is 0 Å². The van der Waals surface area contributed by atoms with Crippen molar-refractivity contribution in [3.8, 4) is 11.6 Å². The van der Waals surface area contributed by atoms with Gasteiger partial charge in [-0.1, -0.05) is 17.7 Å². The van der Waals surface area contributed by atoms with Crippen LogP contribution in [0.2, 0.25) is 5.02 Å². The van der Waals surface area contributed by atoms with Crippen molar-refractivity contribution >= 4 is 31.3 Å². The Bertz CT molecular complexity index is 722. The summed E-state index contributed by atoms with van der Waals surface area (Å²) in [5.41, 5.74) is 0. The number of hydrogen-bond acceptors (Lipinski definition) is 4. The highest BCUT2D eigenvalue weighted by Crippen LogP contribution is 2.32. The lowest BCUT2D eigenvalue weighted by Gasteiger charge is -2.08. The average molecular weight is 322 g/mol. The van der Waals surface area contributed by atoms with Crippen LogP contribution in [0.1, 0.15) is 0 Å². The summed E-state index contributed by atoms with van der Waals surface area (Å²) in [6.07, 6.45) is 1.29. The topological polar surface area (TPSA) is 56.3 Å². The summed E-state index contributed by atoms with van der Waals surface area (Å²) in [6, 6.07) is 6.66. The van der Waals surface area contributed by atoms with Gasteiger partial charge in [0, 0.05) is 16.9 Å². The van der Waals surface area contributed by atoms with Crippen molar-refractivity contribution in [3.63, 3.8) is 0 Å². The number of pyridine rings is 1. The van der Waals surface area contributed by atoms with E-state index in [1.165, 1.54) is 36.5 Å². The van der Waals surface area contributed by atoms with Crippen LogP contribution < -0.4 is 4.74 Å². The number of rotatable bonds is 3. The molecule has 0 unspecified atom stereocenters. The molecule has 2 aromatic rings. The Labute approximate surface area is 118 Å². The van der Waals surface area contributed by atoms with Crippen molar-refractivity contribution in [2.45, 2.75) is 4.90 Å². The lowest BCUT2D eigenvalue weighted by Crippen LogP contribution is -1.99. The van der Waals surface area contributed by atoms with Gasteiger partial charge in [0.2, 0.25) is 5.88 Å². The van der Waals surface area contributed by atoms with Gasteiger partial charge in [-0.05, 0) is 24.3 Å². The summed E-state index contributed by atoms with van der Waals surface area (Å²) in [5, 5.41) is -0.149. The normalized spacial score (nSPS) is 11.3. The molecule has 1 aromatic heterocycles. The predicted molar refractivity (Wildman–Crippen MR) is 68.8 cm³/mol. The van der Waals surface area contributed by atoms with E-state index in [1.54, 1.807) is 0 Å². The van der Waals surface area contributed by atoms with E-state index >= 15 is 0 Å². The standard InChI is InChI=1S/C11H6Cl2FNO3S/c12-7-3-1-4-8(10(7)14)18-11-9(19(13,16)17)5-2-6-15-11/h1-6H. The van der Waals surface area contributed by atoms with Crippen LogP contribution in [0.25, 0.3) is 0 Å². The molecule has 0 radical (unpaired) electrons. The van der Waals surface area contributed by atoms with Gasteiger partial charge in [0.25, 0.3) is 9.05 Å². The van der Waals surface area contributed by atoms with Crippen LogP contribution in [-0.4, -0.2) is 13.4 Å². The first-order valence-corrected chi connectivity index (χ1v) is 7.60. The summed E-state index contributed by atoms with van der Waals surface area (Å²) < 4.78 is 41.4. The molecule has 0 atom stereocenters. The largest absolute Gasteiger partial charge is 0.434 e. The van der Waals surface area contributed by atoms with E-state index < -0.39 is 14.9 Å². The quantitative estimate of drug-likeness (QED) is 0.810. The van der Waals surface area contributed by atoms with Gasteiger partial charge < -0.3 is 4.74 Å². The summed E-state index contributed by atoms with van der Waals surface area (Å²) in [4.78, 5) is 3.36. The molecule has 0 N–H and O–H groups in total. The van der Waals surface area contributed by atoms with E-state index in [9.17, 15) is 12.8 Å². The third kappa shape index (κ3) is 3.15. The monoisotopic (exact) mass is 321 g/mol. The van der Waals surface area contributed by atoms with Crippen LogP contribution in [0, 0.1) is 5.82 Å². The van der Waals surface area contributed by atoms with Crippen LogP contribution in [0.3, 0.4) is 0 Å². The maximum atomic E-state index is 13.6. The minimum absolute atomic E-state index is 0.149. The molecule has 2 rings (SSSR count). The Kier molecular flexibility index (Phi) is 3.93. The maximum Gasteiger partial charge on any atom is 0.266 e. The SMILES string of the molecule is O=S(=O)(Cl)c1cccnc1Oc1cccc(Cl)c1F. The van der Waals surface area contributed by atoms with Crippen molar-refractivity contribution in [2.24, 2.45) is 0 Å². The molecule has 0 saturated carbocycles. The number of hydrogen-bond donors (Lipinski definition) is 0.